The molecule has 5 atom stereocenters. The van der Waals surface area contributed by atoms with Crippen LogP contribution in [0, 0.1) is 23.2 Å². The van der Waals surface area contributed by atoms with E-state index in [-0.39, 0.29) is 23.7 Å². The van der Waals surface area contributed by atoms with E-state index in [1.54, 1.807) is 6.08 Å². The van der Waals surface area contributed by atoms with Gasteiger partial charge in [0.15, 0.2) is 5.78 Å². The number of ether oxygens (including phenoxy) is 1. The van der Waals surface area contributed by atoms with Crippen molar-refractivity contribution in [3.63, 3.8) is 0 Å². The number of carbonyl (C=O) groups excluding carboxylic acids is 1. The van der Waals surface area contributed by atoms with Crippen molar-refractivity contribution in [3.05, 3.63) is 87.5 Å². The third kappa shape index (κ3) is 4.13. The van der Waals surface area contributed by atoms with Gasteiger partial charge in [-0.3, -0.25) is 4.79 Å². The highest BCUT2D eigenvalue weighted by Gasteiger charge is 2.63. The monoisotopic (exact) mass is 527 g/mol. The Morgan fingerprint density at radius 3 is 2.53 bits per heavy atom. The van der Waals surface area contributed by atoms with Crippen LogP contribution in [0.1, 0.15) is 56.1 Å². The van der Waals surface area contributed by atoms with Crippen molar-refractivity contribution in [2.24, 2.45) is 11.3 Å². The van der Waals surface area contributed by atoms with Crippen LogP contribution in [-0.4, -0.2) is 43.3 Å². The second kappa shape index (κ2) is 9.42. The maximum Gasteiger partial charge on any atom is 0.156 e. The van der Waals surface area contributed by atoms with Crippen LogP contribution >= 0.6 is 11.6 Å². The summed E-state index contributed by atoms with van der Waals surface area (Å²) in [6.45, 7) is 2.67. The highest BCUT2D eigenvalue weighted by Crippen LogP contribution is 2.64. The minimum Gasteiger partial charge on any atom is -0.378 e. The standard InChI is InChI=1S/C33H34ClNO3/c1-32-19-28(22-6-10-25(11-7-22)35(2)3)30-27-13-12-26(36)18-23(27)20-38-31(30)29(32)15-17-33(32,37)16-14-21-4-8-24(34)9-5-21/h4-11,18,28-29,31,37H,12-13,15,17,19-20H2,1-3H3. The Morgan fingerprint density at radius 2 is 1.82 bits per heavy atom. The third-order valence-corrected chi connectivity index (χ3v) is 9.69. The summed E-state index contributed by atoms with van der Waals surface area (Å²) in [5.74, 6) is 7.00. The second-order valence-corrected chi connectivity index (χ2v) is 12.2. The molecule has 3 aliphatic carbocycles. The summed E-state index contributed by atoms with van der Waals surface area (Å²) in [6.07, 6.45) is 5.29. The first-order chi connectivity index (χ1) is 18.2. The summed E-state index contributed by atoms with van der Waals surface area (Å²) < 4.78 is 6.60. The number of benzene rings is 2. The molecule has 0 radical (unpaired) electrons. The van der Waals surface area contributed by atoms with E-state index in [2.05, 4.69) is 47.9 Å². The fourth-order valence-corrected chi connectivity index (χ4v) is 7.36. The van der Waals surface area contributed by atoms with E-state index in [0.29, 0.717) is 24.5 Å². The number of halogens is 1. The second-order valence-electron chi connectivity index (χ2n) is 11.7. The van der Waals surface area contributed by atoms with E-state index in [9.17, 15) is 9.90 Å². The highest BCUT2D eigenvalue weighted by atomic mass is 35.5. The molecule has 1 aliphatic heterocycles. The van der Waals surface area contributed by atoms with Crippen molar-refractivity contribution in [2.45, 2.75) is 56.7 Å². The van der Waals surface area contributed by atoms with Crippen molar-refractivity contribution < 1.29 is 14.6 Å². The molecule has 2 aromatic rings. The molecule has 0 aromatic heterocycles. The van der Waals surface area contributed by atoms with E-state index in [0.717, 1.165) is 36.1 Å². The minimum atomic E-state index is -1.13. The zero-order valence-corrected chi connectivity index (χ0v) is 23.0. The van der Waals surface area contributed by atoms with E-state index >= 15 is 0 Å². The lowest BCUT2D eigenvalue weighted by Crippen LogP contribution is -2.53. The van der Waals surface area contributed by atoms with Crippen LogP contribution in [0.25, 0.3) is 0 Å². The number of anilines is 1. The first-order valence-corrected chi connectivity index (χ1v) is 13.9. The predicted octanol–water partition coefficient (Wildman–Crippen LogP) is 6.08. The summed E-state index contributed by atoms with van der Waals surface area (Å²) in [7, 11) is 4.09. The SMILES string of the molecule is CN(C)c1ccc(C2CC3(C)C(CCC3(O)C#Cc3ccc(Cl)cc3)C3OCC4=CC(=O)CCC4=C23)cc1. The number of allylic oxidation sites excluding steroid dienone is 1. The Kier molecular flexibility index (Phi) is 6.30. The number of nitrogens with zero attached hydrogens (tertiary/aromatic N) is 1. The van der Waals surface area contributed by atoms with Gasteiger partial charge in [0.1, 0.15) is 5.60 Å². The summed E-state index contributed by atoms with van der Waals surface area (Å²) >= 11 is 6.06. The predicted molar refractivity (Wildman–Crippen MR) is 151 cm³/mol. The fourth-order valence-electron chi connectivity index (χ4n) is 7.23. The number of hydrogen-bond donors (Lipinski definition) is 1. The van der Waals surface area contributed by atoms with Gasteiger partial charge in [-0.25, -0.2) is 0 Å². The molecular weight excluding hydrogens is 494 g/mol. The molecule has 0 bridgehead atoms. The van der Waals surface area contributed by atoms with Gasteiger partial charge in [-0.1, -0.05) is 42.5 Å². The molecule has 1 heterocycles. The van der Waals surface area contributed by atoms with Crippen LogP contribution in [0.5, 0.6) is 0 Å². The van der Waals surface area contributed by atoms with Crippen molar-refractivity contribution in [2.75, 3.05) is 25.6 Å². The lowest BCUT2D eigenvalue weighted by Gasteiger charge is -2.53. The van der Waals surface area contributed by atoms with Crippen LogP contribution in [0.2, 0.25) is 5.02 Å². The smallest absolute Gasteiger partial charge is 0.156 e. The van der Waals surface area contributed by atoms with E-state index in [1.807, 2.05) is 38.4 Å². The quantitative estimate of drug-likeness (QED) is 0.481. The Morgan fingerprint density at radius 1 is 1.08 bits per heavy atom. The zero-order chi connectivity index (χ0) is 26.7. The van der Waals surface area contributed by atoms with Gasteiger partial charge in [-0.15, -0.1) is 0 Å². The molecule has 5 heteroatoms. The highest BCUT2D eigenvalue weighted by molar-refractivity contribution is 6.30. The molecular formula is C33H34ClNO3. The van der Waals surface area contributed by atoms with Crippen LogP contribution < -0.4 is 4.90 Å². The fraction of sp³-hybridized carbons (Fsp3) is 0.424. The molecule has 0 saturated heterocycles. The summed E-state index contributed by atoms with van der Waals surface area (Å²) in [5, 5.41) is 12.8. The molecule has 1 N–H and O–H groups in total. The number of ketones is 1. The molecule has 5 unspecified atom stereocenters. The van der Waals surface area contributed by atoms with Gasteiger partial charge >= 0.3 is 0 Å². The number of hydrogen-bond acceptors (Lipinski definition) is 4. The normalized spacial score (nSPS) is 32.0. The first-order valence-electron chi connectivity index (χ1n) is 13.6. The molecule has 2 saturated carbocycles. The van der Waals surface area contributed by atoms with Crippen molar-refractivity contribution in [1.82, 2.24) is 0 Å². The van der Waals surface area contributed by atoms with Crippen LogP contribution in [0.3, 0.4) is 0 Å². The lowest BCUT2D eigenvalue weighted by atomic mass is 9.55. The maximum atomic E-state index is 12.2. The average molecular weight is 528 g/mol. The number of carbonyl (C=O) groups is 1. The molecule has 0 amide bonds. The maximum absolute atomic E-state index is 12.2. The zero-order valence-electron chi connectivity index (χ0n) is 22.3. The number of aliphatic hydroxyl groups is 1. The van der Waals surface area contributed by atoms with Crippen LogP contribution in [0.4, 0.5) is 5.69 Å². The van der Waals surface area contributed by atoms with E-state index in [1.165, 1.54) is 16.7 Å². The summed E-state index contributed by atoms with van der Waals surface area (Å²) in [6, 6.07) is 16.2. The molecule has 38 heavy (non-hydrogen) atoms. The van der Waals surface area contributed by atoms with Crippen molar-refractivity contribution >= 4 is 23.1 Å². The summed E-state index contributed by atoms with van der Waals surface area (Å²) in [5.41, 5.74) is 5.33. The Bertz CT molecular complexity index is 1390. The number of fused-ring (bicyclic) bond motifs is 4. The number of rotatable bonds is 2. The average Bonchev–Trinajstić information content (AvgIpc) is 3.18. The van der Waals surface area contributed by atoms with Crippen LogP contribution in [0.15, 0.2) is 71.3 Å². The van der Waals surface area contributed by atoms with Gasteiger partial charge in [0.2, 0.25) is 0 Å². The molecule has 2 aromatic carbocycles. The first kappa shape index (κ1) is 25.4. The molecule has 6 rings (SSSR count). The molecule has 196 valence electrons. The van der Waals surface area contributed by atoms with E-state index in [4.69, 9.17) is 16.3 Å². The van der Waals surface area contributed by atoms with Crippen molar-refractivity contribution in [1.29, 1.82) is 0 Å². The van der Waals surface area contributed by atoms with Gasteiger partial charge in [0.25, 0.3) is 0 Å². The van der Waals surface area contributed by atoms with E-state index < -0.39 is 11.0 Å². The summed E-state index contributed by atoms with van der Waals surface area (Å²) in [4.78, 5) is 14.3. The van der Waals surface area contributed by atoms with Gasteiger partial charge in [-0.05, 0) is 96.4 Å². The van der Waals surface area contributed by atoms with Crippen LogP contribution in [-0.2, 0) is 9.53 Å². The van der Waals surface area contributed by atoms with Gasteiger partial charge in [0.05, 0.1) is 12.7 Å². The van der Waals surface area contributed by atoms with Gasteiger partial charge in [0, 0.05) is 48.1 Å². The largest absolute Gasteiger partial charge is 0.378 e. The Labute approximate surface area is 230 Å². The lowest BCUT2D eigenvalue weighted by molar-refractivity contribution is -0.115. The molecule has 4 nitrogen and oxygen atoms in total. The molecule has 0 spiro atoms. The molecule has 2 fully saturated rings. The third-order valence-electron chi connectivity index (χ3n) is 9.44. The minimum absolute atomic E-state index is 0.0843. The topological polar surface area (TPSA) is 49.8 Å². The molecule has 4 aliphatic rings. The van der Waals surface area contributed by atoms with Gasteiger partial charge in [-0.2, -0.15) is 0 Å². The Balaban J connectivity index is 1.45. The Hall–Kier alpha value is -2.84. The van der Waals surface area contributed by atoms with Gasteiger partial charge < -0.3 is 14.7 Å². The van der Waals surface area contributed by atoms with Crippen molar-refractivity contribution in [3.8, 4) is 11.8 Å².